The fourth-order valence-electron chi connectivity index (χ4n) is 1.12. The molecule has 0 heterocycles. The number of Topliss-reactive ketones (excluding diaryl/α,β-unsaturated/α-hetero) is 1. The van der Waals surface area contributed by atoms with E-state index in [0.29, 0.717) is 5.56 Å². The zero-order chi connectivity index (χ0) is 10.6. The summed E-state index contributed by atoms with van der Waals surface area (Å²) in [4.78, 5) is 11.9. The van der Waals surface area contributed by atoms with Gasteiger partial charge in [-0.3, -0.25) is 4.79 Å². The Labute approximate surface area is 83.6 Å². The normalized spacial score (nSPS) is 11.4. The van der Waals surface area contributed by atoms with Crippen LogP contribution in [-0.2, 0) is 9.47 Å². The zero-order valence-electron chi connectivity index (χ0n) is 8.61. The fourth-order valence-corrected chi connectivity index (χ4v) is 1.12. The monoisotopic (exact) mass is 194 g/mol. The molecule has 0 amide bonds. The van der Waals surface area contributed by atoms with Crippen LogP contribution >= 0.6 is 0 Å². The summed E-state index contributed by atoms with van der Waals surface area (Å²) in [7, 11) is 2.90. The van der Waals surface area contributed by atoms with Crippen LogP contribution in [0.4, 0.5) is 0 Å². The minimum absolute atomic E-state index is 0.178. The van der Waals surface area contributed by atoms with E-state index in [4.69, 9.17) is 9.47 Å². The lowest BCUT2D eigenvalue weighted by Gasteiger charge is -2.24. The highest BCUT2D eigenvalue weighted by Crippen LogP contribution is 2.17. The Morgan fingerprint density at radius 2 is 1.64 bits per heavy atom. The van der Waals surface area contributed by atoms with Gasteiger partial charge in [-0.05, 0) is 6.92 Å². The Kier molecular flexibility index (Phi) is 3.38. The molecule has 14 heavy (non-hydrogen) atoms. The van der Waals surface area contributed by atoms with E-state index in [0.717, 1.165) is 0 Å². The SMILES string of the molecule is COC(C)(OC)C(=O)c1ccccc1. The van der Waals surface area contributed by atoms with Crippen LogP contribution in [0.25, 0.3) is 0 Å². The van der Waals surface area contributed by atoms with Crippen molar-refractivity contribution in [3.63, 3.8) is 0 Å². The molecular weight excluding hydrogens is 180 g/mol. The average Bonchev–Trinajstić information content (AvgIpc) is 2.28. The van der Waals surface area contributed by atoms with Crippen LogP contribution < -0.4 is 0 Å². The number of hydrogen-bond donors (Lipinski definition) is 0. The zero-order valence-corrected chi connectivity index (χ0v) is 8.61. The highest BCUT2D eigenvalue weighted by molar-refractivity contribution is 6.01. The maximum absolute atomic E-state index is 11.9. The summed E-state index contributed by atoms with van der Waals surface area (Å²) in [6, 6.07) is 8.93. The summed E-state index contributed by atoms with van der Waals surface area (Å²) < 4.78 is 10.1. The van der Waals surface area contributed by atoms with Crippen molar-refractivity contribution in [2.45, 2.75) is 12.7 Å². The van der Waals surface area contributed by atoms with Gasteiger partial charge in [0.15, 0.2) is 0 Å². The van der Waals surface area contributed by atoms with Gasteiger partial charge < -0.3 is 9.47 Å². The van der Waals surface area contributed by atoms with Crippen LogP contribution in [0.3, 0.4) is 0 Å². The van der Waals surface area contributed by atoms with Crippen LogP contribution in [0, 0.1) is 0 Å². The second-order valence-corrected chi connectivity index (χ2v) is 3.05. The molecule has 0 aromatic heterocycles. The highest BCUT2D eigenvalue weighted by Gasteiger charge is 2.33. The molecule has 0 aliphatic heterocycles. The van der Waals surface area contributed by atoms with E-state index in [-0.39, 0.29) is 5.78 Å². The van der Waals surface area contributed by atoms with Gasteiger partial charge in [-0.2, -0.15) is 0 Å². The first-order chi connectivity index (χ1) is 6.64. The van der Waals surface area contributed by atoms with Crippen molar-refractivity contribution in [3.05, 3.63) is 35.9 Å². The molecule has 0 N–H and O–H groups in total. The highest BCUT2D eigenvalue weighted by atomic mass is 16.7. The number of benzene rings is 1. The Bertz CT molecular complexity index is 302. The maximum atomic E-state index is 11.9. The van der Waals surface area contributed by atoms with Crippen molar-refractivity contribution in [1.82, 2.24) is 0 Å². The van der Waals surface area contributed by atoms with Gasteiger partial charge in [-0.15, -0.1) is 0 Å². The van der Waals surface area contributed by atoms with Gasteiger partial charge in [-0.1, -0.05) is 30.3 Å². The summed E-state index contributed by atoms with van der Waals surface area (Å²) in [6.07, 6.45) is 0. The lowest BCUT2D eigenvalue weighted by Crippen LogP contribution is -2.39. The smallest absolute Gasteiger partial charge is 0.230 e. The number of rotatable bonds is 4. The minimum Gasteiger partial charge on any atom is -0.347 e. The summed E-state index contributed by atoms with van der Waals surface area (Å²) in [6.45, 7) is 1.60. The van der Waals surface area contributed by atoms with Crippen molar-refractivity contribution >= 4 is 5.78 Å². The number of hydrogen-bond acceptors (Lipinski definition) is 3. The lowest BCUT2D eigenvalue weighted by atomic mass is 10.0. The standard InChI is InChI=1S/C11H14O3/c1-11(13-2,14-3)10(12)9-7-5-4-6-8-9/h4-8H,1-3H3. The van der Waals surface area contributed by atoms with Gasteiger partial charge >= 0.3 is 0 Å². The van der Waals surface area contributed by atoms with E-state index in [1.165, 1.54) is 14.2 Å². The molecule has 0 atom stereocenters. The molecule has 1 rings (SSSR count). The summed E-state index contributed by atoms with van der Waals surface area (Å²) in [5.74, 6) is -1.37. The van der Waals surface area contributed by atoms with E-state index in [2.05, 4.69) is 0 Å². The third kappa shape index (κ3) is 2.00. The Morgan fingerprint density at radius 3 is 2.07 bits per heavy atom. The second-order valence-electron chi connectivity index (χ2n) is 3.05. The van der Waals surface area contributed by atoms with Crippen LogP contribution in [0.15, 0.2) is 30.3 Å². The Hall–Kier alpha value is -1.19. The van der Waals surface area contributed by atoms with E-state index in [1.54, 1.807) is 31.2 Å². The average molecular weight is 194 g/mol. The molecule has 3 heteroatoms. The van der Waals surface area contributed by atoms with Gasteiger partial charge in [0.2, 0.25) is 11.6 Å². The number of carbonyl (C=O) groups is 1. The number of ether oxygens (including phenoxy) is 2. The second kappa shape index (κ2) is 4.35. The van der Waals surface area contributed by atoms with Crippen molar-refractivity contribution in [2.24, 2.45) is 0 Å². The molecule has 0 saturated heterocycles. The quantitative estimate of drug-likeness (QED) is 0.542. The van der Waals surface area contributed by atoms with E-state index in [9.17, 15) is 4.79 Å². The molecule has 0 spiro atoms. The Morgan fingerprint density at radius 1 is 1.14 bits per heavy atom. The van der Waals surface area contributed by atoms with E-state index < -0.39 is 5.79 Å². The molecule has 1 aromatic rings. The summed E-state index contributed by atoms with van der Waals surface area (Å²) >= 11 is 0. The topological polar surface area (TPSA) is 35.5 Å². The molecule has 0 bridgehead atoms. The third-order valence-corrected chi connectivity index (χ3v) is 2.23. The third-order valence-electron chi connectivity index (χ3n) is 2.23. The molecular formula is C11H14O3. The molecule has 3 nitrogen and oxygen atoms in total. The molecule has 0 aliphatic carbocycles. The van der Waals surface area contributed by atoms with Gasteiger partial charge in [0.05, 0.1) is 0 Å². The van der Waals surface area contributed by atoms with Crippen molar-refractivity contribution in [1.29, 1.82) is 0 Å². The largest absolute Gasteiger partial charge is 0.347 e. The Balaban J connectivity index is 2.95. The molecule has 0 fully saturated rings. The molecule has 0 radical (unpaired) electrons. The van der Waals surface area contributed by atoms with Crippen molar-refractivity contribution in [3.8, 4) is 0 Å². The first kappa shape index (κ1) is 10.9. The maximum Gasteiger partial charge on any atom is 0.230 e. The van der Waals surface area contributed by atoms with Crippen LogP contribution in [0.2, 0.25) is 0 Å². The first-order valence-electron chi connectivity index (χ1n) is 4.34. The van der Waals surface area contributed by atoms with Gasteiger partial charge in [0.1, 0.15) is 0 Å². The predicted octanol–water partition coefficient (Wildman–Crippen LogP) is 1.88. The molecule has 0 aliphatic rings. The predicted molar refractivity (Wildman–Crippen MR) is 53.2 cm³/mol. The van der Waals surface area contributed by atoms with Gasteiger partial charge in [0, 0.05) is 19.8 Å². The lowest BCUT2D eigenvalue weighted by molar-refractivity contribution is -0.155. The molecule has 0 unspecified atom stereocenters. The molecule has 0 saturated carbocycles. The number of ketones is 1. The fraction of sp³-hybridized carbons (Fsp3) is 0.364. The van der Waals surface area contributed by atoms with Gasteiger partial charge in [-0.25, -0.2) is 0 Å². The summed E-state index contributed by atoms with van der Waals surface area (Å²) in [5.41, 5.74) is 0.582. The van der Waals surface area contributed by atoms with E-state index >= 15 is 0 Å². The number of methoxy groups -OCH3 is 2. The minimum atomic E-state index is -1.19. The van der Waals surface area contributed by atoms with Crippen molar-refractivity contribution < 1.29 is 14.3 Å². The molecule has 1 aromatic carbocycles. The van der Waals surface area contributed by atoms with Crippen molar-refractivity contribution in [2.75, 3.05) is 14.2 Å². The van der Waals surface area contributed by atoms with Crippen LogP contribution in [0.5, 0.6) is 0 Å². The summed E-state index contributed by atoms with van der Waals surface area (Å²) in [5, 5.41) is 0. The molecule has 76 valence electrons. The van der Waals surface area contributed by atoms with Crippen LogP contribution in [0.1, 0.15) is 17.3 Å². The van der Waals surface area contributed by atoms with Gasteiger partial charge in [0.25, 0.3) is 0 Å². The van der Waals surface area contributed by atoms with E-state index in [1.807, 2.05) is 6.07 Å². The van der Waals surface area contributed by atoms with Crippen LogP contribution in [-0.4, -0.2) is 25.8 Å². The number of carbonyl (C=O) groups excluding carboxylic acids is 1. The first-order valence-corrected chi connectivity index (χ1v) is 4.34.